The molecule has 3 nitrogen and oxygen atoms in total. The van der Waals surface area contributed by atoms with Crippen LogP contribution in [0.15, 0.2) is 36.4 Å². The van der Waals surface area contributed by atoms with Crippen LogP contribution in [-0.4, -0.2) is 7.11 Å². The smallest absolute Gasteiger partial charge is 0.131 e. The van der Waals surface area contributed by atoms with Crippen LogP contribution in [0.3, 0.4) is 0 Å². The third kappa shape index (κ3) is 3.21. The molecule has 106 valence electrons. The van der Waals surface area contributed by atoms with Gasteiger partial charge in [-0.25, -0.2) is 4.39 Å². The third-order valence-electron chi connectivity index (χ3n) is 2.93. The predicted molar refractivity (Wildman–Crippen MR) is 76.6 cm³/mol. The molecular formula is C15H15ClFNO2. The van der Waals surface area contributed by atoms with Crippen molar-refractivity contribution in [2.75, 3.05) is 7.11 Å². The lowest BCUT2D eigenvalue weighted by molar-refractivity contribution is 0.294. The van der Waals surface area contributed by atoms with Gasteiger partial charge in [-0.05, 0) is 18.2 Å². The van der Waals surface area contributed by atoms with Gasteiger partial charge in [0.25, 0.3) is 0 Å². The van der Waals surface area contributed by atoms with E-state index < -0.39 is 5.82 Å². The number of nitrogens with two attached hydrogens (primary N) is 1. The maximum absolute atomic E-state index is 13.7. The molecule has 0 fully saturated rings. The molecule has 0 aliphatic carbocycles. The normalized spacial score (nSPS) is 10.4. The second-order valence-corrected chi connectivity index (χ2v) is 4.57. The number of halogens is 2. The average Bonchev–Trinajstić information content (AvgIpc) is 2.46. The minimum Gasteiger partial charge on any atom is -0.497 e. The maximum atomic E-state index is 13.7. The third-order valence-corrected chi connectivity index (χ3v) is 3.28. The van der Waals surface area contributed by atoms with E-state index in [1.54, 1.807) is 31.4 Å². The van der Waals surface area contributed by atoms with Crippen molar-refractivity contribution in [2.45, 2.75) is 13.2 Å². The van der Waals surface area contributed by atoms with Gasteiger partial charge < -0.3 is 15.2 Å². The molecule has 2 N–H and O–H groups in total. The van der Waals surface area contributed by atoms with Gasteiger partial charge in [-0.15, -0.1) is 0 Å². The van der Waals surface area contributed by atoms with Gasteiger partial charge in [-0.2, -0.15) is 0 Å². The first-order chi connectivity index (χ1) is 9.65. The van der Waals surface area contributed by atoms with E-state index in [2.05, 4.69) is 0 Å². The molecule has 0 aromatic heterocycles. The summed E-state index contributed by atoms with van der Waals surface area (Å²) in [7, 11) is 1.56. The van der Waals surface area contributed by atoms with Crippen LogP contribution >= 0.6 is 11.6 Å². The molecule has 0 atom stereocenters. The summed E-state index contributed by atoms with van der Waals surface area (Å²) in [5.74, 6) is 0.817. The average molecular weight is 296 g/mol. The summed E-state index contributed by atoms with van der Waals surface area (Å²) in [6.45, 7) is 0.357. The molecule has 0 aliphatic rings. The maximum Gasteiger partial charge on any atom is 0.131 e. The van der Waals surface area contributed by atoms with Crippen molar-refractivity contribution in [1.82, 2.24) is 0 Å². The second-order valence-electron chi connectivity index (χ2n) is 4.17. The Morgan fingerprint density at radius 1 is 1.25 bits per heavy atom. The monoisotopic (exact) mass is 295 g/mol. The number of rotatable bonds is 5. The Morgan fingerprint density at radius 3 is 2.70 bits per heavy atom. The van der Waals surface area contributed by atoms with Crippen molar-refractivity contribution in [3.63, 3.8) is 0 Å². The highest BCUT2D eigenvalue weighted by Crippen LogP contribution is 2.27. The van der Waals surface area contributed by atoms with Crippen molar-refractivity contribution in [3.8, 4) is 11.5 Å². The molecule has 0 bridgehead atoms. The van der Waals surface area contributed by atoms with Crippen LogP contribution in [0, 0.1) is 5.82 Å². The summed E-state index contributed by atoms with van der Waals surface area (Å²) >= 11 is 5.96. The van der Waals surface area contributed by atoms with Gasteiger partial charge in [0.05, 0.1) is 12.1 Å². The number of methoxy groups -OCH3 is 1. The highest BCUT2D eigenvalue weighted by molar-refractivity contribution is 6.31. The SMILES string of the molecule is COc1ccc(CN)c(OCc2c(F)cccc2Cl)c1. The Bertz CT molecular complexity index is 584. The van der Waals surface area contributed by atoms with Gasteiger partial charge in [-0.3, -0.25) is 0 Å². The fourth-order valence-electron chi connectivity index (χ4n) is 1.78. The number of ether oxygens (including phenoxy) is 2. The molecule has 0 saturated carbocycles. The highest BCUT2D eigenvalue weighted by atomic mass is 35.5. The van der Waals surface area contributed by atoms with Crippen molar-refractivity contribution >= 4 is 11.6 Å². The lowest BCUT2D eigenvalue weighted by Gasteiger charge is -2.13. The Kier molecular flexibility index (Phi) is 4.82. The lowest BCUT2D eigenvalue weighted by Crippen LogP contribution is -2.04. The fraction of sp³-hybridized carbons (Fsp3) is 0.200. The first-order valence-electron chi connectivity index (χ1n) is 6.08. The minimum atomic E-state index is -0.394. The van der Waals surface area contributed by atoms with Crippen LogP contribution in [0.1, 0.15) is 11.1 Å². The lowest BCUT2D eigenvalue weighted by atomic mass is 10.2. The summed E-state index contributed by atoms with van der Waals surface area (Å²) in [4.78, 5) is 0. The van der Waals surface area contributed by atoms with Crippen molar-refractivity contribution < 1.29 is 13.9 Å². The Morgan fingerprint density at radius 2 is 2.05 bits per heavy atom. The summed E-state index contributed by atoms with van der Waals surface area (Å²) in [5.41, 5.74) is 6.79. The van der Waals surface area contributed by atoms with Crippen LogP contribution in [0.2, 0.25) is 5.02 Å². The zero-order valence-corrected chi connectivity index (χ0v) is 11.8. The van der Waals surface area contributed by atoms with Crippen LogP contribution in [-0.2, 0) is 13.2 Å². The first kappa shape index (κ1) is 14.6. The number of benzene rings is 2. The molecule has 2 rings (SSSR count). The van der Waals surface area contributed by atoms with Gasteiger partial charge in [0.2, 0.25) is 0 Å². The van der Waals surface area contributed by atoms with Crippen molar-refractivity contribution in [2.24, 2.45) is 5.73 Å². The molecule has 0 radical (unpaired) electrons. The molecule has 20 heavy (non-hydrogen) atoms. The second kappa shape index (κ2) is 6.59. The molecular weight excluding hydrogens is 281 g/mol. The molecule has 2 aromatic carbocycles. The fourth-order valence-corrected chi connectivity index (χ4v) is 2.00. The highest BCUT2D eigenvalue weighted by Gasteiger charge is 2.10. The molecule has 0 amide bonds. The van der Waals surface area contributed by atoms with Gasteiger partial charge in [-0.1, -0.05) is 23.7 Å². The quantitative estimate of drug-likeness (QED) is 0.918. The summed E-state index contributed by atoms with van der Waals surface area (Å²) < 4.78 is 24.4. The van der Waals surface area contributed by atoms with Crippen LogP contribution in [0.25, 0.3) is 0 Å². The van der Waals surface area contributed by atoms with Gasteiger partial charge >= 0.3 is 0 Å². The van der Waals surface area contributed by atoms with E-state index in [1.165, 1.54) is 6.07 Å². The summed E-state index contributed by atoms with van der Waals surface area (Å²) in [6, 6.07) is 9.86. The number of hydrogen-bond acceptors (Lipinski definition) is 3. The van der Waals surface area contributed by atoms with Gasteiger partial charge in [0.15, 0.2) is 0 Å². The van der Waals surface area contributed by atoms with E-state index >= 15 is 0 Å². The zero-order valence-electron chi connectivity index (χ0n) is 11.0. The standard InChI is InChI=1S/C15H15ClFNO2/c1-19-11-6-5-10(8-18)15(7-11)20-9-12-13(16)3-2-4-14(12)17/h2-7H,8-9,18H2,1H3. The van der Waals surface area contributed by atoms with E-state index in [-0.39, 0.29) is 6.61 Å². The van der Waals surface area contributed by atoms with Crippen LogP contribution < -0.4 is 15.2 Å². The van der Waals surface area contributed by atoms with Gasteiger partial charge in [0, 0.05) is 23.7 Å². The molecule has 5 heteroatoms. The van der Waals surface area contributed by atoms with E-state index in [0.717, 1.165) is 5.56 Å². The van der Waals surface area contributed by atoms with E-state index in [9.17, 15) is 4.39 Å². The van der Waals surface area contributed by atoms with Crippen molar-refractivity contribution in [1.29, 1.82) is 0 Å². The van der Waals surface area contributed by atoms with Crippen molar-refractivity contribution in [3.05, 3.63) is 58.4 Å². The molecule has 0 aliphatic heterocycles. The van der Waals surface area contributed by atoms with E-state index in [1.807, 2.05) is 6.07 Å². The zero-order chi connectivity index (χ0) is 14.5. The Hall–Kier alpha value is -1.78. The predicted octanol–water partition coefficient (Wildman–Crippen LogP) is 3.53. The molecule has 0 spiro atoms. The Balaban J connectivity index is 2.22. The largest absolute Gasteiger partial charge is 0.497 e. The molecule has 0 saturated heterocycles. The topological polar surface area (TPSA) is 44.5 Å². The van der Waals surface area contributed by atoms with E-state index in [4.69, 9.17) is 26.8 Å². The van der Waals surface area contributed by atoms with Crippen LogP contribution in [0.4, 0.5) is 4.39 Å². The first-order valence-corrected chi connectivity index (χ1v) is 6.46. The number of hydrogen-bond donors (Lipinski definition) is 1. The Labute approximate surface area is 122 Å². The summed E-state index contributed by atoms with van der Waals surface area (Å²) in [6.07, 6.45) is 0. The molecule has 0 heterocycles. The molecule has 2 aromatic rings. The molecule has 0 unspecified atom stereocenters. The van der Waals surface area contributed by atoms with Gasteiger partial charge in [0.1, 0.15) is 23.9 Å². The van der Waals surface area contributed by atoms with E-state index in [0.29, 0.717) is 28.6 Å². The summed E-state index contributed by atoms with van der Waals surface area (Å²) in [5, 5.41) is 0.335. The minimum absolute atomic E-state index is 0.0334. The van der Waals surface area contributed by atoms with Crippen LogP contribution in [0.5, 0.6) is 11.5 Å².